The van der Waals surface area contributed by atoms with Crippen molar-refractivity contribution in [2.75, 3.05) is 26.7 Å². The number of carbonyl (C=O) groups excluding carboxylic acids is 2. The molecule has 2 amide bonds. The van der Waals surface area contributed by atoms with Gasteiger partial charge in [0.15, 0.2) is 0 Å². The zero-order valence-electron chi connectivity index (χ0n) is 9.17. The summed E-state index contributed by atoms with van der Waals surface area (Å²) in [7, 11) is -3.09. The number of hydrogen-bond donors (Lipinski definition) is 3. The highest BCUT2D eigenvalue weighted by molar-refractivity contribution is 7.87. The lowest BCUT2D eigenvalue weighted by Crippen LogP contribution is -2.61. The fourth-order valence-corrected chi connectivity index (χ4v) is 2.68. The van der Waals surface area contributed by atoms with E-state index in [0.717, 1.165) is 11.4 Å². The van der Waals surface area contributed by atoms with Gasteiger partial charge in [-0.15, -0.1) is 0 Å². The molecule has 0 aromatic heterocycles. The third kappa shape index (κ3) is 3.28. The standard InChI is InChI=1S/C7H14N4O5S/c1-16-7(13)10-17(14,15)11-3-2-9-4-5(11)6(8)12/h5,9H,2-4H2,1H3,(H2,8,12)(H,10,13). The Morgan fingerprint density at radius 1 is 1.53 bits per heavy atom. The average Bonchev–Trinajstić information content (AvgIpc) is 2.28. The first-order chi connectivity index (χ1) is 7.88. The second-order valence-electron chi connectivity index (χ2n) is 3.33. The number of piperazine rings is 1. The van der Waals surface area contributed by atoms with Crippen LogP contribution in [0.5, 0.6) is 0 Å². The zero-order chi connectivity index (χ0) is 13.1. The maximum absolute atomic E-state index is 11.7. The van der Waals surface area contributed by atoms with Crippen molar-refractivity contribution < 1.29 is 22.7 Å². The first kappa shape index (κ1) is 13.7. The van der Waals surface area contributed by atoms with Crippen molar-refractivity contribution in [3.63, 3.8) is 0 Å². The Morgan fingerprint density at radius 2 is 2.18 bits per heavy atom. The molecule has 1 heterocycles. The predicted molar refractivity (Wildman–Crippen MR) is 57.0 cm³/mol. The normalized spacial score (nSPS) is 21.8. The zero-order valence-corrected chi connectivity index (χ0v) is 9.99. The molecule has 1 unspecified atom stereocenters. The van der Waals surface area contributed by atoms with Crippen LogP contribution < -0.4 is 15.8 Å². The Labute approximate surface area is 98.5 Å². The highest BCUT2D eigenvalue weighted by Crippen LogP contribution is 2.08. The molecule has 17 heavy (non-hydrogen) atoms. The van der Waals surface area contributed by atoms with Gasteiger partial charge in [-0.3, -0.25) is 4.79 Å². The SMILES string of the molecule is COC(=O)NS(=O)(=O)N1CCNCC1C(N)=O. The minimum atomic E-state index is -4.12. The van der Waals surface area contributed by atoms with Crippen LogP contribution in [0.4, 0.5) is 4.79 Å². The summed E-state index contributed by atoms with van der Waals surface area (Å²) in [5.41, 5.74) is 5.09. The summed E-state index contributed by atoms with van der Waals surface area (Å²) >= 11 is 0. The van der Waals surface area contributed by atoms with Gasteiger partial charge in [-0.1, -0.05) is 0 Å². The van der Waals surface area contributed by atoms with Gasteiger partial charge in [0.2, 0.25) is 5.91 Å². The maximum Gasteiger partial charge on any atom is 0.421 e. The van der Waals surface area contributed by atoms with Gasteiger partial charge >= 0.3 is 16.3 Å². The predicted octanol–water partition coefficient (Wildman–Crippen LogP) is -2.65. The molecule has 0 aromatic rings. The van der Waals surface area contributed by atoms with Crippen LogP contribution >= 0.6 is 0 Å². The van der Waals surface area contributed by atoms with Crippen molar-refractivity contribution in [1.82, 2.24) is 14.3 Å². The third-order valence-electron chi connectivity index (χ3n) is 2.23. The number of nitrogens with one attached hydrogen (secondary N) is 2. The number of primary amides is 1. The van der Waals surface area contributed by atoms with Crippen LogP contribution in [-0.4, -0.2) is 57.5 Å². The molecule has 4 N–H and O–H groups in total. The molecule has 0 aromatic carbocycles. The van der Waals surface area contributed by atoms with E-state index < -0.39 is 28.3 Å². The van der Waals surface area contributed by atoms with Gasteiger partial charge < -0.3 is 15.8 Å². The fraction of sp³-hybridized carbons (Fsp3) is 0.714. The maximum atomic E-state index is 11.7. The van der Waals surface area contributed by atoms with E-state index in [1.165, 1.54) is 0 Å². The van der Waals surface area contributed by atoms with Crippen molar-refractivity contribution in [2.45, 2.75) is 6.04 Å². The number of ether oxygens (including phenoxy) is 1. The largest absolute Gasteiger partial charge is 0.452 e. The molecule has 1 saturated heterocycles. The van der Waals surface area contributed by atoms with Crippen molar-refractivity contribution in [3.05, 3.63) is 0 Å². The van der Waals surface area contributed by atoms with Crippen molar-refractivity contribution in [1.29, 1.82) is 0 Å². The van der Waals surface area contributed by atoms with Crippen LogP contribution in [0.3, 0.4) is 0 Å². The fourth-order valence-electron chi connectivity index (χ4n) is 1.42. The number of nitrogens with two attached hydrogens (primary N) is 1. The first-order valence-corrected chi connectivity index (χ1v) is 6.20. The summed E-state index contributed by atoms with van der Waals surface area (Å²) in [6.07, 6.45) is -1.12. The second kappa shape index (κ2) is 5.29. The van der Waals surface area contributed by atoms with E-state index in [2.05, 4.69) is 10.1 Å². The van der Waals surface area contributed by atoms with E-state index in [-0.39, 0.29) is 13.1 Å². The highest BCUT2D eigenvalue weighted by atomic mass is 32.2. The summed E-state index contributed by atoms with van der Waals surface area (Å²) in [4.78, 5) is 22.0. The first-order valence-electron chi connectivity index (χ1n) is 4.76. The van der Waals surface area contributed by atoms with Gasteiger partial charge in [0.25, 0.3) is 0 Å². The van der Waals surface area contributed by atoms with Crippen LogP contribution in [0.15, 0.2) is 0 Å². The molecule has 0 bridgehead atoms. The molecule has 1 fully saturated rings. The molecule has 1 aliphatic rings. The van der Waals surface area contributed by atoms with Crippen molar-refractivity contribution in [3.8, 4) is 0 Å². The Balaban J connectivity index is 2.87. The van der Waals surface area contributed by atoms with E-state index in [4.69, 9.17) is 5.73 Å². The van der Waals surface area contributed by atoms with E-state index >= 15 is 0 Å². The molecule has 0 radical (unpaired) electrons. The molecular weight excluding hydrogens is 252 g/mol. The Hall–Kier alpha value is -1.39. The van der Waals surface area contributed by atoms with Gasteiger partial charge in [-0.05, 0) is 0 Å². The molecular formula is C7H14N4O5S. The van der Waals surface area contributed by atoms with Crippen LogP contribution in [0.25, 0.3) is 0 Å². The molecule has 9 nitrogen and oxygen atoms in total. The quantitative estimate of drug-likeness (QED) is 0.511. The van der Waals surface area contributed by atoms with Gasteiger partial charge in [0.1, 0.15) is 6.04 Å². The molecule has 0 spiro atoms. The summed E-state index contributed by atoms with van der Waals surface area (Å²) in [5, 5.41) is 2.83. The van der Waals surface area contributed by atoms with Crippen LogP contribution in [0.2, 0.25) is 0 Å². The number of methoxy groups -OCH3 is 1. The summed E-state index contributed by atoms with van der Waals surface area (Å²) in [5.74, 6) is -0.785. The lowest BCUT2D eigenvalue weighted by Gasteiger charge is -2.32. The van der Waals surface area contributed by atoms with E-state index in [0.29, 0.717) is 6.54 Å². The topological polar surface area (TPSA) is 131 Å². The molecule has 1 aliphatic heterocycles. The molecule has 1 rings (SSSR count). The molecule has 98 valence electrons. The van der Waals surface area contributed by atoms with Crippen LogP contribution in [0.1, 0.15) is 0 Å². The highest BCUT2D eigenvalue weighted by Gasteiger charge is 2.36. The second-order valence-corrected chi connectivity index (χ2v) is 4.95. The van der Waals surface area contributed by atoms with Crippen LogP contribution in [-0.2, 0) is 19.7 Å². The third-order valence-corrected chi connectivity index (χ3v) is 3.71. The Bertz CT molecular complexity index is 408. The van der Waals surface area contributed by atoms with E-state index in [9.17, 15) is 18.0 Å². The van der Waals surface area contributed by atoms with Gasteiger partial charge in [0, 0.05) is 19.6 Å². The summed E-state index contributed by atoms with van der Waals surface area (Å²) < 4.78 is 30.2. The van der Waals surface area contributed by atoms with Gasteiger partial charge in [-0.25, -0.2) is 9.52 Å². The molecule has 0 saturated carbocycles. The lowest BCUT2D eigenvalue weighted by molar-refractivity contribution is -0.122. The number of amides is 2. The number of carbonyl (C=O) groups is 2. The van der Waals surface area contributed by atoms with E-state index in [1.807, 2.05) is 0 Å². The molecule has 10 heteroatoms. The average molecular weight is 266 g/mol. The van der Waals surface area contributed by atoms with E-state index in [1.54, 1.807) is 4.72 Å². The smallest absolute Gasteiger partial charge is 0.421 e. The number of rotatable bonds is 3. The summed E-state index contributed by atoms with van der Waals surface area (Å²) in [6.45, 7) is 0.517. The Kier molecular flexibility index (Phi) is 4.26. The van der Waals surface area contributed by atoms with Crippen molar-refractivity contribution in [2.24, 2.45) is 5.73 Å². The van der Waals surface area contributed by atoms with Gasteiger partial charge in [-0.2, -0.15) is 12.7 Å². The van der Waals surface area contributed by atoms with Gasteiger partial charge in [0.05, 0.1) is 7.11 Å². The lowest BCUT2D eigenvalue weighted by atomic mass is 10.2. The number of hydrogen-bond acceptors (Lipinski definition) is 6. The minimum Gasteiger partial charge on any atom is -0.452 e. The molecule has 0 aliphatic carbocycles. The summed E-state index contributed by atoms with van der Waals surface area (Å²) in [6, 6.07) is -1.02. The monoisotopic (exact) mass is 266 g/mol. The van der Waals surface area contributed by atoms with Crippen LogP contribution in [0, 0.1) is 0 Å². The minimum absolute atomic E-state index is 0.0416. The number of nitrogens with zero attached hydrogens (tertiary/aromatic N) is 1. The van der Waals surface area contributed by atoms with Crippen molar-refractivity contribution >= 4 is 22.2 Å². The Morgan fingerprint density at radius 3 is 2.71 bits per heavy atom. The molecule has 1 atom stereocenters.